The highest BCUT2D eigenvalue weighted by molar-refractivity contribution is 6.10. The first-order valence-corrected chi connectivity index (χ1v) is 10.2. The summed E-state index contributed by atoms with van der Waals surface area (Å²) in [6, 6.07) is 12.3. The first-order valence-electron chi connectivity index (χ1n) is 10.2. The third-order valence-corrected chi connectivity index (χ3v) is 5.37. The third kappa shape index (κ3) is 4.35. The molecule has 1 aliphatic rings. The molecule has 2 aromatic rings. The van der Waals surface area contributed by atoms with E-state index in [1.165, 1.54) is 24.3 Å². The minimum absolute atomic E-state index is 0.371. The van der Waals surface area contributed by atoms with E-state index < -0.39 is 35.7 Å². The maximum absolute atomic E-state index is 13.4. The fraction of sp³-hybridized carbons (Fsp3) is 0.348. The summed E-state index contributed by atoms with van der Waals surface area (Å²) in [5, 5.41) is 5.47. The van der Waals surface area contributed by atoms with Crippen molar-refractivity contribution in [3.05, 3.63) is 65.5 Å². The minimum atomic E-state index is -1.29. The molecule has 0 aliphatic carbocycles. The van der Waals surface area contributed by atoms with Crippen LogP contribution < -0.4 is 10.6 Å². The minimum Gasteiger partial charge on any atom is -0.325 e. The van der Waals surface area contributed by atoms with Gasteiger partial charge in [0.2, 0.25) is 5.91 Å². The summed E-state index contributed by atoms with van der Waals surface area (Å²) in [5.74, 6) is -1.39. The Bertz CT molecular complexity index is 928. The molecule has 1 aliphatic heterocycles. The fourth-order valence-corrected chi connectivity index (χ4v) is 3.62. The van der Waals surface area contributed by atoms with Crippen molar-refractivity contribution in [2.45, 2.75) is 45.1 Å². The number of anilines is 1. The van der Waals surface area contributed by atoms with Gasteiger partial charge in [-0.3, -0.25) is 14.5 Å². The number of carbonyl (C=O) groups excluding carboxylic acids is 3. The molecule has 0 aromatic heterocycles. The van der Waals surface area contributed by atoms with Crippen molar-refractivity contribution in [2.75, 3.05) is 11.9 Å². The number of rotatable bonds is 8. The zero-order valence-corrected chi connectivity index (χ0v) is 17.2. The van der Waals surface area contributed by atoms with Crippen LogP contribution in [0.5, 0.6) is 0 Å². The Morgan fingerprint density at radius 3 is 2.33 bits per heavy atom. The van der Waals surface area contributed by atoms with Crippen molar-refractivity contribution in [1.29, 1.82) is 0 Å². The van der Waals surface area contributed by atoms with Gasteiger partial charge >= 0.3 is 6.03 Å². The van der Waals surface area contributed by atoms with Gasteiger partial charge in [-0.05, 0) is 48.2 Å². The van der Waals surface area contributed by atoms with Crippen molar-refractivity contribution in [3.8, 4) is 0 Å². The summed E-state index contributed by atoms with van der Waals surface area (Å²) in [7, 11) is 0. The smallest absolute Gasteiger partial charge is 0.325 e. The van der Waals surface area contributed by atoms with E-state index in [1.807, 2.05) is 26.0 Å². The van der Waals surface area contributed by atoms with Gasteiger partial charge in [-0.25, -0.2) is 9.18 Å². The van der Waals surface area contributed by atoms with Gasteiger partial charge in [0.15, 0.2) is 0 Å². The van der Waals surface area contributed by atoms with E-state index in [-0.39, 0.29) is 0 Å². The first kappa shape index (κ1) is 21.5. The highest BCUT2D eigenvalue weighted by Crippen LogP contribution is 2.34. The molecule has 30 heavy (non-hydrogen) atoms. The van der Waals surface area contributed by atoms with Crippen molar-refractivity contribution in [1.82, 2.24) is 10.2 Å². The first-order chi connectivity index (χ1) is 14.4. The number of carbonyl (C=O) groups is 3. The quantitative estimate of drug-likeness (QED) is 0.646. The number of nitrogens with one attached hydrogen (secondary N) is 2. The molecule has 2 aromatic carbocycles. The predicted molar refractivity (Wildman–Crippen MR) is 112 cm³/mol. The van der Waals surface area contributed by atoms with Crippen LogP contribution in [0.4, 0.5) is 14.9 Å². The van der Waals surface area contributed by atoms with Crippen LogP contribution >= 0.6 is 0 Å². The van der Waals surface area contributed by atoms with Crippen molar-refractivity contribution in [3.63, 3.8) is 0 Å². The van der Waals surface area contributed by atoms with E-state index in [0.29, 0.717) is 24.1 Å². The number of unbranched alkanes of at least 4 members (excludes halogenated alkanes) is 1. The van der Waals surface area contributed by atoms with E-state index in [2.05, 4.69) is 10.6 Å². The zero-order valence-electron chi connectivity index (χ0n) is 17.2. The van der Waals surface area contributed by atoms with E-state index >= 15 is 0 Å². The van der Waals surface area contributed by atoms with Gasteiger partial charge in [-0.2, -0.15) is 0 Å². The van der Waals surface area contributed by atoms with Crippen molar-refractivity contribution >= 4 is 23.5 Å². The lowest BCUT2D eigenvalue weighted by molar-refractivity contribution is -0.134. The molecule has 1 fully saturated rings. The SMILES string of the molecule is CCCC[C@@]1(c2ccc(F)cc2)NC(=O)N(CC(=O)Nc2ccc(CC)cc2)C1=O. The Morgan fingerprint density at radius 2 is 1.73 bits per heavy atom. The van der Waals surface area contributed by atoms with E-state index in [0.717, 1.165) is 23.3 Å². The molecule has 158 valence electrons. The number of urea groups is 1. The zero-order chi connectivity index (χ0) is 21.7. The topological polar surface area (TPSA) is 78.5 Å². The monoisotopic (exact) mass is 411 g/mol. The maximum Gasteiger partial charge on any atom is 0.325 e. The number of halogens is 1. The summed E-state index contributed by atoms with van der Waals surface area (Å²) in [6.07, 6.45) is 2.77. The molecule has 0 bridgehead atoms. The number of nitrogens with zero attached hydrogens (tertiary/aromatic N) is 1. The van der Waals surface area contributed by atoms with Crippen molar-refractivity contribution in [2.24, 2.45) is 0 Å². The average Bonchev–Trinajstić information content (AvgIpc) is 2.98. The largest absolute Gasteiger partial charge is 0.325 e. The Labute approximate surface area is 175 Å². The molecule has 0 radical (unpaired) electrons. The Morgan fingerprint density at radius 1 is 1.07 bits per heavy atom. The second-order valence-electron chi connectivity index (χ2n) is 7.44. The number of aryl methyl sites for hydroxylation is 1. The Balaban J connectivity index is 1.78. The lowest BCUT2D eigenvalue weighted by atomic mass is 9.85. The van der Waals surface area contributed by atoms with Gasteiger partial charge < -0.3 is 10.6 Å². The van der Waals surface area contributed by atoms with Gasteiger partial charge in [0.05, 0.1) is 0 Å². The average molecular weight is 411 g/mol. The number of hydrogen-bond acceptors (Lipinski definition) is 3. The molecule has 1 atom stereocenters. The molecule has 0 unspecified atom stereocenters. The van der Waals surface area contributed by atoms with Crippen molar-refractivity contribution < 1.29 is 18.8 Å². The molecule has 2 N–H and O–H groups in total. The standard InChI is InChI=1S/C23H26FN3O3/c1-3-5-14-23(17-8-10-18(24)11-9-17)21(29)27(22(30)26-23)15-20(28)25-19-12-6-16(4-2)7-13-19/h6-13H,3-5,14-15H2,1-2H3,(H,25,28)(H,26,30)/t23-/m0/s1. The van der Waals surface area contributed by atoms with Crippen LogP contribution in [0, 0.1) is 5.82 Å². The number of hydrogen-bond donors (Lipinski definition) is 2. The van der Waals surface area contributed by atoms with Gasteiger partial charge in [-0.1, -0.05) is 51.0 Å². The summed E-state index contributed by atoms with van der Waals surface area (Å²) < 4.78 is 13.4. The maximum atomic E-state index is 13.4. The van der Waals surface area contributed by atoms with Crippen LogP contribution in [0.3, 0.4) is 0 Å². The van der Waals surface area contributed by atoms with Gasteiger partial charge in [0.25, 0.3) is 5.91 Å². The van der Waals surface area contributed by atoms with Crippen LogP contribution in [0.2, 0.25) is 0 Å². The molecule has 7 heteroatoms. The second kappa shape index (κ2) is 9.07. The molecular weight excluding hydrogens is 385 g/mol. The molecule has 0 saturated carbocycles. The Hall–Kier alpha value is -3.22. The van der Waals surface area contributed by atoms with Crippen LogP contribution in [0.15, 0.2) is 48.5 Å². The predicted octanol–water partition coefficient (Wildman–Crippen LogP) is 3.96. The van der Waals surface area contributed by atoms with Crippen LogP contribution in [-0.4, -0.2) is 29.3 Å². The lowest BCUT2D eigenvalue weighted by Gasteiger charge is -2.27. The lowest BCUT2D eigenvalue weighted by Crippen LogP contribution is -2.44. The molecular formula is C23H26FN3O3. The molecule has 0 spiro atoms. The third-order valence-electron chi connectivity index (χ3n) is 5.37. The van der Waals surface area contributed by atoms with Gasteiger partial charge in [0, 0.05) is 5.69 Å². The normalized spacial score (nSPS) is 18.4. The van der Waals surface area contributed by atoms with E-state index in [9.17, 15) is 18.8 Å². The van der Waals surface area contributed by atoms with E-state index in [4.69, 9.17) is 0 Å². The number of imide groups is 1. The number of amides is 4. The summed E-state index contributed by atoms with van der Waals surface area (Å²) in [4.78, 5) is 39.3. The summed E-state index contributed by atoms with van der Waals surface area (Å²) in [5.41, 5.74) is 0.958. The molecule has 1 saturated heterocycles. The molecule has 3 rings (SSSR count). The molecule has 1 heterocycles. The number of benzene rings is 2. The van der Waals surface area contributed by atoms with Crippen LogP contribution in [-0.2, 0) is 21.5 Å². The van der Waals surface area contributed by atoms with Crippen LogP contribution in [0.25, 0.3) is 0 Å². The summed E-state index contributed by atoms with van der Waals surface area (Å²) >= 11 is 0. The van der Waals surface area contributed by atoms with Crippen LogP contribution in [0.1, 0.15) is 44.2 Å². The van der Waals surface area contributed by atoms with Gasteiger partial charge in [0.1, 0.15) is 17.9 Å². The highest BCUT2D eigenvalue weighted by atomic mass is 19.1. The highest BCUT2D eigenvalue weighted by Gasteiger charge is 2.52. The molecule has 6 nitrogen and oxygen atoms in total. The fourth-order valence-electron chi connectivity index (χ4n) is 3.62. The van der Waals surface area contributed by atoms with E-state index in [1.54, 1.807) is 12.1 Å². The Kier molecular flexibility index (Phi) is 6.50. The summed E-state index contributed by atoms with van der Waals surface area (Å²) in [6.45, 7) is 3.63. The second-order valence-corrected chi connectivity index (χ2v) is 7.44. The molecule has 4 amide bonds. The van der Waals surface area contributed by atoms with Gasteiger partial charge in [-0.15, -0.1) is 0 Å².